The van der Waals surface area contributed by atoms with Crippen molar-refractivity contribution in [3.8, 4) is 0 Å². The standard InChI is InChI=1S/C8H18N2OS/c1-10(5-3-2-4-9)8-6-12(11)7-8/h8H,2-7,9H2,1H3. The predicted octanol–water partition coefficient (Wildman–Crippen LogP) is -0.212. The summed E-state index contributed by atoms with van der Waals surface area (Å²) in [6.45, 7) is 1.88. The lowest BCUT2D eigenvalue weighted by atomic mass is 10.2. The zero-order valence-electron chi connectivity index (χ0n) is 7.66. The van der Waals surface area contributed by atoms with Crippen molar-refractivity contribution in [3.05, 3.63) is 0 Å². The first-order chi connectivity index (χ1) is 5.74. The Bertz CT molecular complexity index is 155. The third-order valence-corrected chi connectivity index (χ3v) is 3.86. The number of nitrogens with zero attached hydrogens (tertiary/aromatic N) is 1. The lowest BCUT2D eigenvalue weighted by molar-refractivity contribution is 0.263. The van der Waals surface area contributed by atoms with Crippen molar-refractivity contribution in [2.75, 3.05) is 31.6 Å². The molecule has 0 atom stereocenters. The van der Waals surface area contributed by atoms with E-state index in [1.54, 1.807) is 0 Å². The summed E-state index contributed by atoms with van der Waals surface area (Å²) in [7, 11) is 1.59. The Labute approximate surface area is 76.8 Å². The Morgan fingerprint density at radius 3 is 2.67 bits per heavy atom. The molecule has 0 radical (unpaired) electrons. The summed E-state index contributed by atoms with van der Waals surface area (Å²) in [5, 5.41) is 0. The summed E-state index contributed by atoms with van der Waals surface area (Å²) >= 11 is 0. The highest BCUT2D eigenvalue weighted by Crippen LogP contribution is 2.12. The van der Waals surface area contributed by atoms with Crippen molar-refractivity contribution in [3.63, 3.8) is 0 Å². The van der Waals surface area contributed by atoms with Crippen molar-refractivity contribution >= 4 is 10.8 Å². The number of hydrogen-bond acceptors (Lipinski definition) is 3. The lowest BCUT2D eigenvalue weighted by Gasteiger charge is -2.33. The second kappa shape index (κ2) is 4.94. The lowest BCUT2D eigenvalue weighted by Crippen LogP contribution is -2.49. The Balaban J connectivity index is 2.04. The molecule has 1 heterocycles. The van der Waals surface area contributed by atoms with Crippen LogP contribution in [0, 0.1) is 0 Å². The van der Waals surface area contributed by atoms with Crippen LogP contribution in [0.3, 0.4) is 0 Å². The van der Waals surface area contributed by atoms with E-state index in [2.05, 4.69) is 11.9 Å². The van der Waals surface area contributed by atoms with Gasteiger partial charge in [-0.15, -0.1) is 0 Å². The van der Waals surface area contributed by atoms with E-state index in [9.17, 15) is 4.21 Å². The molecule has 0 aliphatic carbocycles. The van der Waals surface area contributed by atoms with Crippen LogP contribution in [-0.4, -0.2) is 46.8 Å². The molecule has 0 aromatic carbocycles. The molecule has 0 aromatic rings. The Hall–Kier alpha value is 0.0700. The van der Waals surface area contributed by atoms with E-state index in [1.807, 2.05) is 0 Å². The monoisotopic (exact) mass is 190 g/mol. The minimum Gasteiger partial charge on any atom is -0.330 e. The zero-order valence-corrected chi connectivity index (χ0v) is 8.48. The normalized spacial score (nSPS) is 28.9. The fraction of sp³-hybridized carbons (Fsp3) is 1.00. The number of rotatable bonds is 5. The summed E-state index contributed by atoms with van der Waals surface area (Å²) < 4.78 is 10.8. The molecule has 4 heteroatoms. The highest BCUT2D eigenvalue weighted by molar-refractivity contribution is 7.86. The van der Waals surface area contributed by atoms with Crippen LogP contribution >= 0.6 is 0 Å². The Morgan fingerprint density at radius 1 is 1.50 bits per heavy atom. The molecule has 1 fully saturated rings. The molecule has 1 aliphatic heterocycles. The second-order valence-electron chi connectivity index (χ2n) is 3.40. The van der Waals surface area contributed by atoms with Gasteiger partial charge >= 0.3 is 0 Å². The molecule has 0 saturated carbocycles. The predicted molar refractivity (Wildman–Crippen MR) is 52.6 cm³/mol. The average molecular weight is 190 g/mol. The minimum absolute atomic E-state index is 0.516. The van der Waals surface area contributed by atoms with E-state index in [1.165, 1.54) is 0 Å². The molecular weight excluding hydrogens is 172 g/mol. The molecule has 3 nitrogen and oxygen atoms in total. The second-order valence-corrected chi connectivity index (χ2v) is 4.95. The van der Waals surface area contributed by atoms with Gasteiger partial charge in [-0.3, -0.25) is 4.21 Å². The summed E-state index contributed by atoms with van der Waals surface area (Å²) in [5.74, 6) is 1.75. The van der Waals surface area contributed by atoms with Crippen molar-refractivity contribution in [1.82, 2.24) is 4.90 Å². The first kappa shape index (κ1) is 10.2. The third-order valence-electron chi connectivity index (χ3n) is 2.34. The smallest absolute Gasteiger partial charge is 0.0400 e. The van der Waals surface area contributed by atoms with E-state index in [0.717, 1.165) is 37.4 Å². The minimum atomic E-state index is -0.516. The van der Waals surface area contributed by atoms with Crippen LogP contribution in [0.4, 0.5) is 0 Å². The fourth-order valence-corrected chi connectivity index (χ4v) is 2.59. The van der Waals surface area contributed by atoms with Crippen LogP contribution in [0.1, 0.15) is 12.8 Å². The number of hydrogen-bond donors (Lipinski definition) is 1. The van der Waals surface area contributed by atoms with Gasteiger partial charge < -0.3 is 10.6 Å². The average Bonchev–Trinajstić information content (AvgIpc) is 1.99. The van der Waals surface area contributed by atoms with Gasteiger partial charge in [0.2, 0.25) is 0 Å². The molecule has 1 aliphatic rings. The third kappa shape index (κ3) is 2.84. The quantitative estimate of drug-likeness (QED) is 0.610. The summed E-state index contributed by atoms with van der Waals surface area (Å²) in [6.07, 6.45) is 2.26. The molecule has 0 bridgehead atoms. The maximum absolute atomic E-state index is 10.8. The van der Waals surface area contributed by atoms with Gasteiger partial charge in [-0.1, -0.05) is 0 Å². The molecule has 0 amide bonds. The Morgan fingerprint density at radius 2 is 2.17 bits per heavy atom. The van der Waals surface area contributed by atoms with Crippen molar-refractivity contribution < 1.29 is 4.21 Å². The Kier molecular flexibility index (Phi) is 4.18. The van der Waals surface area contributed by atoms with Crippen LogP contribution in [0.2, 0.25) is 0 Å². The fourth-order valence-electron chi connectivity index (χ4n) is 1.32. The van der Waals surface area contributed by atoms with Gasteiger partial charge in [0.25, 0.3) is 0 Å². The van der Waals surface area contributed by atoms with Crippen LogP contribution in [0.5, 0.6) is 0 Å². The SMILES string of the molecule is CN(CCCCN)C1CS(=O)C1. The van der Waals surface area contributed by atoms with Crippen LogP contribution in [0.25, 0.3) is 0 Å². The zero-order chi connectivity index (χ0) is 8.97. The summed E-state index contributed by atoms with van der Waals surface area (Å²) in [5.41, 5.74) is 5.39. The maximum atomic E-state index is 10.8. The molecule has 12 heavy (non-hydrogen) atoms. The van der Waals surface area contributed by atoms with Gasteiger partial charge in [0.15, 0.2) is 0 Å². The van der Waals surface area contributed by atoms with E-state index >= 15 is 0 Å². The van der Waals surface area contributed by atoms with Crippen molar-refractivity contribution in [2.24, 2.45) is 5.73 Å². The number of unbranched alkanes of at least 4 members (excludes halogenated alkanes) is 1. The van der Waals surface area contributed by atoms with Crippen molar-refractivity contribution in [2.45, 2.75) is 18.9 Å². The molecule has 1 saturated heterocycles. The maximum Gasteiger partial charge on any atom is 0.0400 e. The van der Waals surface area contributed by atoms with Gasteiger partial charge in [0, 0.05) is 28.3 Å². The molecule has 0 spiro atoms. The molecule has 0 unspecified atom stereocenters. The highest BCUT2D eigenvalue weighted by Gasteiger charge is 2.28. The van der Waals surface area contributed by atoms with Crippen LogP contribution in [0.15, 0.2) is 0 Å². The largest absolute Gasteiger partial charge is 0.330 e. The van der Waals surface area contributed by atoms with Gasteiger partial charge in [-0.2, -0.15) is 0 Å². The summed E-state index contributed by atoms with van der Waals surface area (Å²) in [4.78, 5) is 2.30. The molecular formula is C8H18N2OS. The van der Waals surface area contributed by atoms with Gasteiger partial charge in [-0.25, -0.2) is 0 Å². The topological polar surface area (TPSA) is 46.3 Å². The van der Waals surface area contributed by atoms with Crippen LogP contribution in [-0.2, 0) is 10.8 Å². The molecule has 1 rings (SSSR count). The van der Waals surface area contributed by atoms with E-state index in [-0.39, 0.29) is 0 Å². The van der Waals surface area contributed by atoms with Gasteiger partial charge in [-0.05, 0) is 33.0 Å². The summed E-state index contributed by atoms with van der Waals surface area (Å²) in [6, 6.07) is 0.573. The highest BCUT2D eigenvalue weighted by atomic mass is 32.2. The first-order valence-electron chi connectivity index (χ1n) is 4.49. The molecule has 72 valence electrons. The van der Waals surface area contributed by atoms with Crippen molar-refractivity contribution in [1.29, 1.82) is 0 Å². The molecule has 0 aromatic heterocycles. The van der Waals surface area contributed by atoms with Gasteiger partial charge in [0.05, 0.1) is 0 Å². The number of nitrogens with two attached hydrogens (primary N) is 1. The van der Waals surface area contributed by atoms with E-state index in [0.29, 0.717) is 6.04 Å². The van der Waals surface area contributed by atoms with E-state index in [4.69, 9.17) is 5.73 Å². The van der Waals surface area contributed by atoms with E-state index < -0.39 is 10.8 Å². The molecule has 2 N–H and O–H groups in total. The van der Waals surface area contributed by atoms with Gasteiger partial charge in [0.1, 0.15) is 0 Å². The first-order valence-corrected chi connectivity index (χ1v) is 5.98. The van der Waals surface area contributed by atoms with Crippen LogP contribution < -0.4 is 5.73 Å².